The van der Waals surface area contributed by atoms with E-state index >= 15 is 0 Å². The monoisotopic (exact) mass is 419 g/mol. The minimum atomic E-state index is -0.455. The zero-order valence-electron chi connectivity index (χ0n) is 18.3. The van der Waals surface area contributed by atoms with Gasteiger partial charge in [0.15, 0.2) is 18.1 Å². The number of carbonyl (C=O) groups excluding carboxylic acids is 1. The van der Waals surface area contributed by atoms with Crippen molar-refractivity contribution < 1.29 is 19.0 Å². The second kappa shape index (κ2) is 9.35. The lowest BCUT2D eigenvalue weighted by molar-refractivity contribution is -0.149. The number of hydrogen-bond acceptors (Lipinski definition) is 6. The number of carbonyl (C=O) groups is 1. The molecule has 1 aromatic heterocycles. The zero-order chi connectivity index (χ0) is 22.5. The third kappa shape index (κ3) is 5.23. The van der Waals surface area contributed by atoms with E-state index < -0.39 is 5.97 Å². The summed E-state index contributed by atoms with van der Waals surface area (Å²) in [5, 5.41) is 9.69. The predicted octanol–water partition coefficient (Wildman–Crippen LogP) is 4.58. The number of aromatic amines is 1. The SMILES string of the molecule is COc1cc(/C=C(\C#N)c2nc3cc(C)c(C)cc3[nH]2)ccc1OCC(=O)OC(C)C. The van der Waals surface area contributed by atoms with Gasteiger partial charge in [0.25, 0.3) is 0 Å². The number of benzene rings is 2. The topological polar surface area (TPSA) is 97.2 Å². The Morgan fingerprint density at radius 3 is 2.61 bits per heavy atom. The van der Waals surface area contributed by atoms with Gasteiger partial charge in [-0.05, 0) is 74.7 Å². The third-order valence-corrected chi connectivity index (χ3v) is 4.68. The van der Waals surface area contributed by atoms with E-state index in [4.69, 9.17) is 14.2 Å². The molecule has 0 radical (unpaired) electrons. The average molecular weight is 419 g/mol. The van der Waals surface area contributed by atoms with E-state index in [-0.39, 0.29) is 12.7 Å². The Morgan fingerprint density at radius 1 is 1.19 bits per heavy atom. The minimum absolute atomic E-state index is 0.207. The summed E-state index contributed by atoms with van der Waals surface area (Å²) in [6.45, 7) is 7.40. The van der Waals surface area contributed by atoms with Crippen LogP contribution in [0.15, 0.2) is 30.3 Å². The van der Waals surface area contributed by atoms with Crippen molar-refractivity contribution in [3.8, 4) is 17.6 Å². The lowest BCUT2D eigenvalue weighted by atomic mass is 10.1. The number of aromatic nitrogens is 2. The predicted molar refractivity (Wildman–Crippen MR) is 119 cm³/mol. The quantitative estimate of drug-likeness (QED) is 0.445. The first-order valence-electron chi connectivity index (χ1n) is 9.90. The number of imidazole rings is 1. The maximum absolute atomic E-state index is 11.7. The molecule has 0 fully saturated rings. The Labute approximate surface area is 181 Å². The van der Waals surface area contributed by atoms with Crippen molar-refractivity contribution in [3.63, 3.8) is 0 Å². The summed E-state index contributed by atoms with van der Waals surface area (Å²) < 4.78 is 16.0. The van der Waals surface area contributed by atoms with E-state index in [1.165, 1.54) is 7.11 Å². The van der Waals surface area contributed by atoms with Gasteiger partial charge in [-0.2, -0.15) is 5.26 Å². The van der Waals surface area contributed by atoms with Gasteiger partial charge in [0.1, 0.15) is 11.9 Å². The summed E-state index contributed by atoms with van der Waals surface area (Å²) in [6, 6.07) is 11.4. The Morgan fingerprint density at radius 2 is 1.94 bits per heavy atom. The van der Waals surface area contributed by atoms with Crippen LogP contribution in [0.2, 0.25) is 0 Å². The maximum atomic E-state index is 11.7. The van der Waals surface area contributed by atoms with Crippen molar-refractivity contribution in [2.24, 2.45) is 0 Å². The Balaban J connectivity index is 1.86. The number of nitrogens with one attached hydrogen (secondary N) is 1. The lowest BCUT2D eigenvalue weighted by Crippen LogP contribution is -2.18. The molecule has 0 aliphatic heterocycles. The molecule has 0 bridgehead atoms. The first kappa shape index (κ1) is 21.9. The molecule has 0 unspecified atom stereocenters. The molecular formula is C24H25N3O4. The van der Waals surface area contributed by atoms with Crippen molar-refractivity contribution in [1.29, 1.82) is 5.26 Å². The van der Waals surface area contributed by atoms with Crippen LogP contribution in [0.3, 0.4) is 0 Å². The lowest BCUT2D eigenvalue weighted by Gasteiger charge is -2.12. The van der Waals surface area contributed by atoms with Gasteiger partial charge in [0, 0.05) is 0 Å². The number of ether oxygens (including phenoxy) is 3. The van der Waals surface area contributed by atoms with E-state index in [1.807, 2.05) is 26.0 Å². The smallest absolute Gasteiger partial charge is 0.344 e. The number of fused-ring (bicyclic) bond motifs is 1. The summed E-state index contributed by atoms with van der Waals surface area (Å²) in [6.07, 6.45) is 1.51. The van der Waals surface area contributed by atoms with Gasteiger partial charge in [-0.15, -0.1) is 0 Å². The normalized spacial score (nSPS) is 11.5. The van der Waals surface area contributed by atoms with Crippen LogP contribution in [-0.2, 0) is 9.53 Å². The number of methoxy groups -OCH3 is 1. The molecule has 3 aromatic rings. The summed E-state index contributed by atoms with van der Waals surface area (Å²) in [5.41, 5.74) is 5.12. The molecule has 7 heteroatoms. The third-order valence-electron chi connectivity index (χ3n) is 4.68. The fraction of sp³-hybridized carbons (Fsp3) is 0.292. The molecular weight excluding hydrogens is 394 g/mol. The van der Waals surface area contributed by atoms with E-state index in [1.54, 1.807) is 38.1 Å². The Kier molecular flexibility index (Phi) is 6.61. The van der Waals surface area contributed by atoms with Crippen LogP contribution >= 0.6 is 0 Å². The molecule has 0 spiro atoms. The van der Waals surface area contributed by atoms with Gasteiger partial charge >= 0.3 is 5.97 Å². The van der Waals surface area contributed by atoms with Gasteiger partial charge in [0.05, 0.1) is 29.8 Å². The Bertz CT molecular complexity index is 1150. The van der Waals surface area contributed by atoms with Crippen molar-refractivity contribution >= 4 is 28.7 Å². The molecule has 0 atom stereocenters. The molecule has 0 saturated carbocycles. The van der Waals surface area contributed by atoms with E-state index in [9.17, 15) is 10.1 Å². The molecule has 160 valence electrons. The van der Waals surface area contributed by atoms with Crippen molar-refractivity contribution in [3.05, 3.63) is 52.8 Å². The van der Waals surface area contributed by atoms with Gasteiger partial charge in [-0.1, -0.05) is 6.07 Å². The molecule has 3 rings (SSSR count). The van der Waals surface area contributed by atoms with E-state index in [0.29, 0.717) is 22.9 Å². The molecule has 1 heterocycles. The van der Waals surface area contributed by atoms with E-state index in [0.717, 1.165) is 27.7 Å². The van der Waals surface area contributed by atoms with Crippen LogP contribution in [-0.4, -0.2) is 35.8 Å². The number of nitriles is 1. The molecule has 7 nitrogen and oxygen atoms in total. The molecule has 0 amide bonds. The highest BCUT2D eigenvalue weighted by atomic mass is 16.6. The highest BCUT2D eigenvalue weighted by molar-refractivity contribution is 5.90. The highest BCUT2D eigenvalue weighted by Gasteiger charge is 2.12. The van der Waals surface area contributed by atoms with Crippen molar-refractivity contribution in [2.45, 2.75) is 33.8 Å². The summed E-state index contributed by atoms with van der Waals surface area (Å²) >= 11 is 0. The van der Waals surface area contributed by atoms with Crippen LogP contribution in [0.4, 0.5) is 0 Å². The Hall–Kier alpha value is -3.79. The number of allylic oxidation sites excluding steroid dienone is 1. The van der Waals surface area contributed by atoms with Gasteiger partial charge in [0.2, 0.25) is 0 Å². The second-order valence-corrected chi connectivity index (χ2v) is 7.45. The fourth-order valence-corrected chi connectivity index (χ4v) is 3.04. The van der Waals surface area contributed by atoms with E-state index in [2.05, 4.69) is 16.0 Å². The highest BCUT2D eigenvalue weighted by Crippen LogP contribution is 2.30. The zero-order valence-corrected chi connectivity index (χ0v) is 18.3. The second-order valence-electron chi connectivity index (χ2n) is 7.45. The first-order valence-corrected chi connectivity index (χ1v) is 9.90. The van der Waals surface area contributed by atoms with Crippen LogP contribution in [0, 0.1) is 25.2 Å². The van der Waals surface area contributed by atoms with Crippen molar-refractivity contribution in [2.75, 3.05) is 13.7 Å². The standard InChI is InChI=1S/C24H25N3O4/c1-14(2)31-23(28)13-30-21-7-6-17(11-22(21)29-5)10-18(12-25)24-26-19-8-15(3)16(4)9-20(19)27-24/h6-11,14H,13H2,1-5H3,(H,26,27)/b18-10+. The van der Waals surface area contributed by atoms with Crippen LogP contribution < -0.4 is 9.47 Å². The number of H-pyrrole nitrogens is 1. The molecule has 31 heavy (non-hydrogen) atoms. The first-order chi connectivity index (χ1) is 14.8. The molecule has 1 N–H and O–H groups in total. The molecule has 0 aliphatic carbocycles. The van der Waals surface area contributed by atoms with Crippen LogP contribution in [0.1, 0.15) is 36.4 Å². The van der Waals surface area contributed by atoms with Gasteiger partial charge in [-0.25, -0.2) is 9.78 Å². The van der Waals surface area contributed by atoms with Crippen LogP contribution in [0.5, 0.6) is 11.5 Å². The molecule has 0 saturated heterocycles. The number of aryl methyl sites for hydroxylation is 2. The largest absolute Gasteiger partial charge is 0.493 e. The average Bonchev–Trinajstić information content (AvgIpc) is 3.12. The molecule has 0 aliphatic rings. The summed E-state index contributed by atoms with van der Waals surface area (Å²) in [5.74, 6) is 0.897. The number of rotatable bonds is 7. The maximum Gasteiger partial charge on any atom is 0.344 e. The number of nitrogens with zero attached hydrogens (tertiary/aromatic N) is 2. The minimum Gasteiger partial charge on any atom is -0.493 e. The van der Waals surface area contributed by atoms with Crippen LogP contribution in [0.25, 0.3) is 22.7 Å². The van der Waals surface area contributed by atoms with Gasteiger partial charge < -0.3 is 19.2 Å². The van der Waals surface area contributed by atoms with Gasteiger partial charge in [-0.3, -0.25) is 0 Å². The number of hydrogen-bond donors (Lipinski definition) is 1. The molecule has 2 aromatic carbocycles. The summed E-state index contributed by atoms with van der Waals surface area (Å²) in [7, 11) is 1.51. The number of esters is 1. The van der Waals surface area contributed by atoms with Crippen molar-refractivity contribution in [1.82, 2.24) is 9.97 Å². The fourth-order valence-electron chi connectivity index (χ4n) is 3.04. The summed E-state index contributed by atoms with van der Waals surface area (Å²) in [4.78, 5) is 19.5.